The van der Waals surface area contributed by atoms with Crippen LogP contribution in [0.2, 0.25) is 0 Å². The number of rotatable bonds is 3. The number of nitrogens with zero attached hydrogens (tertiary/aromatic N) is 1. The highest BCUT2D eigenvalue weighted by Gasteiger charge is 2.29. The fourth-order valence-electron chi connectivity index (χ4n) is 2.34. The smallest absolute Gasteiger partial charge is 0.259 e. The van der Waals surface area contributed by atoms with Crippen LogP contribution >= 0.6 is 0 Å². The minimum absolute atomic E-state index is 0.146. The number of halogens is 3. The van der Waals surface area contributed by atoms with E-state index in [1.54, 1.807) is 0 Å². The minimum Gasteiger partial charge on any atom is -0.341 e. The van der Waals surface area contributed by atoms with E-state index in [-0.39, 0.29) is 12.0 Å². The van der Waals surface area contributed by atoms with Gasteiger partial charge in [0.1, 0.15) is 23.0 Å². The van der Waals surface area contributed by atoms with Crippen molar-refractivity contribution in [3.05, 3.63) is 35.1 Å². The molecule has 0 saturated heterocycles. The predicted octanol–water partition coefficient (Wildman–Crippen LogP) is 1.91. The molecule has 0 unspecified atom stereocenters. The van der Waals surface area contributed by atoms with Crippen molar-refractivity contribution in [3.63, 3.8) is 0 Å². The summed E-state index contributed by atoms with van der Waals surface area (Å²) in [6.07, 6.45) is 1.60. The van der Waals surface area contributed by atoms with Crippen LogP contribution in [-0.2, 0) is 0 Å². The lowest BCUT2D eigenvalue weighted by molar-refractivity contribution is 0.0724. The summed E-state index contributed by atoms with van der Waals surface area (Å²) in [5, 5.41) is 0. The zero-order chi connectivity index (χ0) is 14.2. The largest absolute Gasteiger partial charge is 0.341 e. The molecular formula is C13H15F3N2O. The van der Waals surface area contributed by atoms with E-state index in [1.807, 2.05) is 0 Å². The highest BCUT2D eigenvalue weighted by atomic mass is 19.1. The van der Waals surface area contributed by atoms with Crippen LogP contribution in [-0.4, -0.2) is 30.4 Å². The van der Waals surface area contributed by atoms with Gasteiger partial charge in [-0.3, -0.25) is 4.79 Å². The summed E-state index contributed by atoms with van der Waals surface area (Å²) in [5.41, 5.74) is 4.92. The van der Waals surface area contributed by atoms with Crippen LogP contribution in [0.5, 0.6) is 0 Å². The second kappa shape index (κ2) is 5.21. The summed E-state index contributed by atoms with van der Waals surface area (Å²) < 4.78 is 39.7. The third kappa shape index (κ3) is 2.89. The number of benzene rings is 1. The molecule has 2 rings (SSSR count). The van der Waals surface area contributed by atoms with Gasteiger partial charge < -0.3 is 10.6 Å². The summed E-state index contributed by atoms with van der Waals surface area (Å²) in [4.78, 5) is 13.2. The fourth-order valence-corrected chi connectivity index (χ4v) is 2.34. The molecule has 0 bridgehead atoms. The summed E-state index contributed by atoms with van der Waals surface area (Å²) in [6.45, 7) is 0.392. The third-order valence-electron chi connectivity index (χ3n) is 3.37. The molecule has 2 N–H and O–H groups in total. The average Bonchev–Trinajstić information content (AvgIpc) is 2.25. The van der Waals surface area contributed by atoms with E-state index in [2.05, 4.69) is 0 Å². The Bertz CT molecular complexity index is 478. The lowest BCUT2D eigenvalue weighted by Gasteiger charge is -2.35. The molecule has 0 atom stereocenters. The molecule has 0 spiro atoms. The van der Waals surface area contributed by atoms with Gasteiger partial charge >= 0.3 is 0 Å². The molecule has 104 valence electrons. The van der Waals surface area contributed by atoms with E-state index in [0.717, 1.165) is 12.8 Å². The monoisotopic (exact) mass is 272 g/mol. The van der Waals surface area contributed by atoms with E-state index in [4.69, 9.17) is 5.73 Å². The molecule has 1 aromatic carbocycles. The SMILES string of the molecule is CN(CC1CC(N)C1)C(=O)c1c(F)cc(F)cc1F. The van der Waals surface area contributed by atoms with Gasteiger partial charge in [-0.25, -0.2) is 13.2 Å². The fraction of sp³-hybridized carbons (Fsp3) is 0.462. The van der Waals surface area contributed by atoms with Crippen molar-refractivity contribution >= 4 is 5.91 Å². The molecule has 0 aromatic heterocycles. The third-order valence-corrected chi connectivity index (χ3v) is 3.37. The Balaban J connectivity index is 2.10. The summed E-state index contributed by atoms with van der Waals surface area (Å²) in [6, 6.07) is 1.15. The molecule has 3 nitrogen and oxygen atoms in total. The number of carbonyl (C=O) groups is 1. The van der Waals surface area contributed by atoms with Gasteiger partial charge in [0.25, 0.3) is 5.91 Å². The van der Waals surface area contributed by atoms with E-state index >= 15 is 0 Å². The molecule has 1 aliphatic rings. The molecule has 19 heavy (non-hydrogen) atoms. The Morgan fingerprint density at radius 3 is 2.32 bits per heavy atom. The normalized spacial score (nSPS) is 21.9. The van der Waals surface area contributed by atoms with Crippen LogP contribution < -0.4 is 5.73 Å². The van der Waals surface area contributed by atoms with Gasteiger partial charge in [0.05, 0.1) is 0 Å². The molecule has 6 heteroatoms. The van der Waals surface area contributed by atoms with E-state index in [9.17, 15) is 18.0 Å². The van der Waals surface area contributed by atoms with Crippen LogP contribution in [0, 0.1) is 23.4 Å². The van der Waals surface area contributed by atoms with Crippen molar-refractivity contribution in [2.45, 2.75) is 18.9 Å². The molecule has 1 aromatic rings. The number of carbonyl (C=O) groups excluding carboxylic acids is 1. The molecule has 1 aliphatic carbocycles. The van der Waals surface area contributed by atoms with Gasteiger partial charge in [-0.1, -0.05) is 0 Å². The van der Waals surface area contributed by atoms with Gasteiger partial charge in [-0.05, 0) is 18.8 Å². The zero-order valence-electron chi connectivity index (χ0n) is 10.5. The highest BCUT2D eigenvalue weighted by Crippen LogP contribution is 2.27. The first-order chi connectivity index (χ1) is 8.88. The Morgan fingerprint density at radius 1 is 1.32 bits per heavy atom. The number of amides is 1. The Hall–Kier alpha value is -1.56. The number of hydrogen-bond donors (Lipinski definition) is 1. The maximum atomic E-state index is 13.5. The van der Waals surface area contributed by atoms with Gasteiger partial charge in [0.15, 0.2) is 0 Å². The van der Waals surface area contributed by atoms with E-state index in [0.29, 0.717) is 18.7 Å². The van der Waals surface area contributed by atoms with Gasteiger partial charge in [0, 0.05) is 31.8 Å². The summed E-state index contributed by atoms with van der Waals surface area (Å²) in [7, 11) is 1.47. The van der Waals surface area contributed by atoms with Crippen LogP contribution in [0.4, 0.5) is 13.2 Å². The average molecular weight is 272 g/mol. The topological polar surface area (TPSA) is 46.3 Å². The van der Waals surface area contributed by atoms with Gasteiger partial charge in [-0.15, -0.1) is 0 Å². The van der Waals surface area contributed by atoms with Crippen molar-refractivity contribution in [1.82, 2.24) is 4.90 Å². The van der Waals surface area contributed by atoms with Crippen molar-refractivity contribution in [1.29, 1.82) is 0 Å². The van der Waals surface area contributed by atoms with Gasteiger partial charge in [0.2, 0.25) is 0 Å². The number of hydrogen-bond acceptors (Lipinski definition) is 2. The van der Waals surface area contributed by atoms with Crippen LogP contribution in [0.3, 0.4) is 0 Å². The standard InChI is InChI=1S/C13H15F3N2O/c1-18(6-7-2-9(17)3-7)13(19)12-10(15)4-8(14)5-11(12)16/h4-5,7,9H,2-3,6,17H2,1H3. The molecule has 1 saturated carbocycles. The second-order valence-electron chi connectivity index (χ2n) is 5.03. The van der Waals surface area contributed by atoms with Crippen molar-refractivity contribution in [2.75, 3.05) is 13.6 Å². The Labute approximate surface area is 109 Å². The second-order valence-corrected chi connectivity index (χ2v) is 5.03. The summed E-state index contributed by atoms with van der Waals surface area (Å²) in [5.74, 6) is -3.93. The first-order valence-corrected chi connectivity index (χ1v) is 6.04. The molecule has 0 heterocycles. The Kier molecular flexibility index (Phi) is 3.80. The summed E-state index contributed by atoms with van der Waals surface area (Å²) >= 11 is 0. The molecule has 1 amide bonds. The quantitative estimate of drug-likeness (QED) is 0.913. The van der Waals surface area contributed by atoms with Crippen molar-refractivity contribution in [3.8, 4) is 0 Å². The maximum absolute atomic E-state index is 13.5. The van der Waals surface area contributed by atoms with Crippen LogP contribution in [0.15, 0.2) is 12.1 Å². The molecule has 1 fully saturated rings. The van der Waals surface area contributed by atoms with Crippen LogP contribution in [0.1, 0.15) is 23.2 Å². The van der Waals surface area contributed by atoms with E-state index < -0.39 is 28.9 Å². The lowest BCUT2D eigenvalue weighted by atomic mass is 9.80. The van der Waals surface area contributed by atoms with E-state index in [1.165, 1.54) is 11.9 Å². The minimum atomic E-state index is -1.18. The van der Waals surface area contributed by atoms with Gasteiger partial charge in [-0.2, -0.15) is 0 Å². The van der Waals surface area contributed by atoms with Crippen LogP contribution in [0.25, 0.3) is 0 Å². The molecule has 0 aliphatic heterocycles. The van der Waals surface area contributed by atoms with Crippen molar-refractivity contribution in [2.24, 2.45) is 11.7 Å². The first-order valence-electron chi connectivity index (χ1n) is 6.04. The van der Waals surface area contributed by atoms with Crippen molar-refractivity contribution < 1.29 is 18.0 Å². The lowest BCUT2D eigenvalue weighted by Crippen LogP contribution is -2.43. The molecule has 0 radical (unpaired) electrons. The maximum Gasteiger partial charge on any atom is 0.259 e. The number of nitrogens with two attached hydrogens (primary N) is 1. The Morgan fingerprint density at radius 2 is 1.84 bits per heavy atom. The predicted molar refractivity (Wildman–Crippen MR) is 64.0 cm³/mol. The molecular weight excluding hydrogens is 257 g/mol. The zero-order valence-corrected chi connectivity index (χ0v) is 10.5. The highest BCUT2D eigenvalue weighted by molar-refractivity contribution is 5.94. The first kappa shape index (κ1) is 13.9.